The molecule has 3 heterocycles. The first-order valence-corrected chi connectivity index (χ1v) is 12.7. The van der Waals surface area contributed by atoms with E-state index in [0.717, 1.165) is 48.6 Å². The van der Waals surface area contributed by atoms with Crippen LogP contribution in [0.2, 0.25) is 0 Å². The molecule has 2 amide bonds. The zero-order valence-electron chi connectivity index (χ0n) is 19.1. The van der Waals surface area contributed by atoms with Gasteiger partial charge in [0.2, 0.25) is 5.91 Å². The first kappa shape index (κ1) is 23.1. The summed E-state index contributed by atoms with van der Waals surface area (Å²) >= 11 is 1.58. The van der Waals surface area contributed by atoms with Gasteiger partial charge in [0.05, 0.1) is 29.8 Å². The van der Waals surface area contributed by atoms with E-state index in [1.165, 1.54) is 17.1 Å². The fourth-order valence-electron chi connectivity index (χ4n) is 4.45. The van der Waals surface area contributed by atoms with E-state index in [9.17, 15) is 14.0 Å². The highest BCUT2D eigenvalue weighted by molar-refractivity contribution is 7.12. The Hall–Kier alpha value is -2.62. The summed E-state index contributed by atoms with van der Waals surface area (Å²) < 4.78 is 19.0. The van der Waals surface area contributed by atoms with E-state index in [0.29, 0.717) is 26.2 Å². The number of amides is 2. The molecule has 1 saturated carbocycles. The number of carbonyl (C=O) groups excluding carboxylic acids is 2. The van der Waals surface area contributed by atoms with Crippen molar-refractivity contribution in [3.8, 4) is 0 Å². The molecular weight excluding hydrogens is 455 g/mol. The Kier molecular flexibility index (Phi) is 7.03. The van der Waals surface area contributed by atoms with E-state index in [1.54, 1.807) is 28.4 Å². The molecule has 7 nitrogen and oxygen atoms in total. The van der Waals surface area contributed by atoms with Crippen molar-refractivity contribution in [1.29, 1.82) is 0 Å². The number of hydrogen-bond acceptors (Lipinski definition) is 6. The maximum atomic E-state index is 13.5. The molecule has 1 aliphatic carbocycles. The molecule has 1 atom stereocenters. The summed E-state index contributed by atoms with van der Waals surface area (Å²) in [6.07, 6.45) is 2.34. The Bertz CT molecular complexity index is 1030. The molecule has 1 aromatic heterocycles. The van der Waals surface area contributed by atoms with Gasteiger partial charge < -0.3 is 9.64 Å². The van der Waals surface area contributed by atoms with Gasteiger partial charge in [-0.25, -0.2) is 9.40 Å². The number of halogens is 1. The van der Waals surface area contributed by atoms with Crippen molar-refractivity contribution in [2.45, 2.75) is 25.3 Å². The van der Waals surface area contributed by atoms with Crippen LogP contribution in [0.25, 0.3) is 0 Å². The number of carbonyl (C=O) groups is 2. The molecular formula is C25H29FN4O3S. The average molecular weight is 485 g/mol. The number of rotatable bonds is 8. The van der Waals surface area contributed by atoms with E-state index in [2.05, 4.69) is 10.0 Å². The molecule has 34 heavy (non-hydrogen) atoms. The standard InChI is InChI=1S/C25H29FN4O3S/c26-20-7-5-18(6-8-20)22-16-21(23-2-1-15-34-23)27-30(22)24(31)17-29(25(32)19-3-4-19)10-9-28-11-13-33-14-12-28/h1-2,5-8,15,19,22H,3-4,9-14,16-17H2. The Morgan fingerprint density at radius 2 is 1.91 bits per heavy atom. The van der Waals surface area contributed by atoms with Gasteiger partial charge in [-0.1, -0.05) is 18.2 Å². The molecule has 3 aliphatic rings. The SMILES string of the molecule is O=C(C1CC1)N(CCN1CCOCC1)CC(=O)N1N=C(c2cccs2)CC1c1ccc(F)cc1. The maximum absolute atomic E-state index is 13.5. The lowest BCUT2D eigenvalue weighted by atomic mass is 10.0. The van der Waals surface area contributed by atoms with Crippen molar-refractivity contribution in [3.05, 3.63) is 58.0 Å². The molecule has 0 spiro atoms. The third kappa shape index (κ3) is 5.37. The first-order chi connectivity index (χ1) is 16.6. The van der Waals surface area contributed by atoms with E-state index in [4.69, 9.17) is 4.74 Å². The van der Waals surface area contributed by atoms with Crippen molar-refractivity contribution in [2.75, 3.05) is 45.9 Å². The lowest BCUT2D eigenvalue weighted by molar-refractivity contribution is -0.142. The summed E-state index contributed by atoms with van der Waals surface area (Å²) in [5, 5.41) is 8.17. The molecule has 5 rings (SSSR count). The summed E-state index contributed by atoms with van der Waals surface area (Å²) in [6.45, 7) is 4.31. The average Bonchev–Trinajstić information content (AvgIpc) is 3.37. The normalized spacial score (nSPS) is 20.9. The predicted molar refractivity (Wildman–Crippen MR) is 128 cm³/mol. The third-order valence-corrected chi connectivity index (χ3v) is 7.50. The largest absolute Gasteiger partial charge is 0.379 e. The lowest BCUT2D eigenvalue weighted by Gasteiger charge is -2.31. The molecule has 2 fully saturated rings. The second kappa shape index (κ2) is 10.3. The van der Waals surface area contributed by atoms with Gasteiger partial charge in [0.15, 0.2) is 0 Å². The number of morpholine rings is 1. The van der Waals surface area contributed by atoms with E-state index < -0.39 is 0 Å². The topological polar surface area (TPSA) is 65.5 Å². The number of thiophene rings is 1. The Labute approximate surface area is 202 Å². The molecule has 2 aromatic rings. The summed E-state index contributed by atoms with van der Waals surface area (Å²) in [4.78, 5) is 31.5. The van der Waals surface area contributed by atoms with Crippen LogP contribution in [0, 0.1) is 11.7 Å². The van der Waals surface area contributed by atoms with Gasteiger partial charge in [-0.05, 0) is 42.0 Å². The molecule has 9 heteroatoms. The fraction of sp³-hybridized carbons (Fsp3) is 0.480. The van der Waals surface area contributed by atoms with Gasteiger partial charge in [0, 0.05) is 38.5 Å². The second-order valence-corrected chi connectivity index (χ2v) is 9.97. The third-order valence-electron chi connectivity index (χ3n) is 6.58. The number of nitrogens with zero attached hydrogens (tertiary/aromatic N) is 4. The molecule has 1 saturated heterocycles. The highest BCUT2D eigenvalue weighted by atomic mass is 32.1. The Morgan fingerprint density at radius 1 is 1.15 bits per heavy atom. The smallest absolute Gasteiger partial charge is 0.262 e. The van der Waals surface area contributed by atoms with Crippen molar-refractivity contribution in [2.24, 2.45) is 11.0 Å². The predicted octanol–water partition coefficient (Wildman–Crippen LogP) is 3.14. The van der Waals surface area contributed by atoms with Crippen LogP contribution < -0.4 is 0 Å². The number of hydrazone groups is 1. The van der Waals surface area contributed by atoms with Crippen LogP contribution in [0.1, 0.15) is 35.7 Å². The summed E-state index contributed by atoms with van der Waals surface area (Å²) in [5.74, 6) is -0.434. The molecule has 180 valence electrons. The molecule has 2 aliphatic heterocycles. The van der Waals surface area contributed by atoms with Crippen LogP contribution in [0.5, 0.6) is 0 Å². The minimum Gasteiger partial charge on any atom is -0.379 e. The molecule has 1 unspecified atom stereocenters. The van der Waals surface area contributed by atoms with E-state index in [1.807, 2.05) is 17.5 Å². The highest BCUT2D eigenvalue weighted by Crippen LogP contribution is 2.35. The van der Waals surface area contributed by atoms with Crippen LogP contribution >= 0.6 is 11.3 Å². The van der Waals surface area contributed by atoms with Crippen molar-refractivity contribution in [1.82, 2.24) is 14.8 Å². The minimum atomic E-state index is -0.317. The van der Waals surface area contributed by atoms with Crippen LogP contribution in [0.3, 0.4) is 0 Å². The van der Waals surface area contributed by atoms with Gasteiger partial charge in [0.1, 0.15) is 12.4 Å². The molecule has 0 bridgehead atoms. The summed E-state index contributed by atoms with van der Waals surface area (Å²) in [6, 6.07) is 9.87. The Morgan fingerprint density at radius 3 is 2.59 bits per heavy atom. The summed E-state index contributed by atoms with van der Waals surface area (Å²) in [7, 11) is 0. The second-order valence-electron chi connectivity index (χ2n) is 9.02. The van der Waals surface area contributed by atoms with Crippen LogP contribution in [-0.4, -0.2) is 78.3 Å². The zero-order chi connectivity index (χ0) is 23.5. The minimum absolute atomic E-state index is 0.00140. The number of benzene rings is 1. The maximum Gasteiger partial charge on any atom is 0.262 e. The first-order valence-electron chi connectivity index (χ1n) is 11.9. The van der Waals surface area contributed by atoms with Crippen LogP contribution in [0.4, 0.5) is 4.39 Å². The van der Waals surface area contributed by atoms with Crippen molar-refractivity contribution < 1.29 is 18.7 Å². The number of hydrogen-bond donors (Lipinski definition) is 0. The zero-order valence-corrected chi connectivity index (χ0v) is 19.9. The summed E-state index contributed by atoms with van der Waals surface area (Å²) in [5.41, 5.74) is 1.67. The lowest BCUT2D eigenvalue weighted by Crippen LogP contribution is -2.47. The van der Waals surface area contributed by atoms with Crippen LogP contribution in [-0.2, 0) is 14.3 Å². The monoisotopic (exact) mass is 484 g/mol. The quantitative estimate of drug-likeness (QED) is 0.578. The van der Waals surface area contributed by atoms with Crippen molar-refractivity contribution >= 4 is 28.9 Å². The highest BCUT2D eigenvalue weighted by Gasteiger charge is 2.38. The van der Waals surface area contributed by atoms with E-state index in [-0.39, 0.29) is 36.1 Å². The van der Waals surface area contributed by atoms with Crippen molar-refractivity contribution in [3.63, 3.8) is 0 Å². The Balaban J connectivity index is 1.33. The van der Waals surface area contributed by atoms with Gasteiger partial charge in [-0.3, -0.25) is 14.5 Å². The molecule has 1 aromatic carbocycles. The van der Waals surface area contributed by atoms with Gasteiger partial charge >= 0.3 is 0 Å². The van der Waals surface area contributed by atoms with Gasteiger partial charge in [0.25, 0.3) is 5.91 Å². The molecule has 0 N–H and O–H groups in total. The molecule has 0 radical (unpaired) electrons. The van der Waals surface area contributed by atoms with Gasteiger partial charge in [-0.2, -0.15) is 5.10 Å². The van der Waals surface area contributed by atoms with Crippen LogP contribution in [0.15, 0.2) is 46.9 Å². The van der Waals surface area contributed by atoms with Gasteiger partial charge in [-0.15, -0.1) is 11.3 Å². The van der Waals surface area contributed by atoms with E-state index >= 15 is 0 Å². The fourth-order valence-corrected chi connectivity index (χ4v) is 5.18. The number of ether oxygens (including phenoxy) is 1.